The first-order chi connectivity index (χ1) is 15.1. The van der Waals surface area contributed by atoms with Gasteiger partial charge in [-0.25, -0.2) is 4.39 Å². The molecule has 6 heteroatoms. The van der Waals surface area contributed by atoms with Crippen molar-refractivity contribution in [1.82, 2.24) is 4.57 Å². The fourth-order valence-electron chi connectivity index (χ4n) is 5.14. The van der Waals surface area contributed by atoms with E-state index in [9.17, 15) is 9.59 Å². The van der Waals surface area contributed by atoms with E-state index in [1.807, 2.05) is 12.3 Å². The van der Waals surface area contributed by atoms with Gasteiger partial charge in [0.2, 0.25) is 0 Å². The molecule has 2 fully saturated rings. The topological polar surface area (TPSA) is 60.3 Å². The third-order valence-electron chi connectivity index (χ3n) is 6.78. The van der Waals surface area contributed by atoms with E-state index in [0.717, 1.165) is 44.0 Å². The Morgan fingerprint density at radius 3 is 2.55 bits per heavy atom. The van der Waals surface area contributed by atoms with Gasteiger partial charge in [-0.2, -0.15) is 0 Å². The van der Waals surface area contributed by atoms with Crippen LogP contribution in [-0.2, 0) is 16.0 Å². The van der Waals surface area contributed by atoms with E-state index in [-0.39, 0.29) is 29.7 Å². The van der Waals surface area contributed by atoms with E-state index in [4.69, 9.17) is 4.74 Å². The quantitative estimate of drug-likeness (QED) is 0.592. The number of hydrogen-bond donors (Lipinski definition) is 1. The summed E-state index contributed by atoms with van der Waals surface area (Å²) in [5, 5.41) is 3.80. The minimum Gasteiger partial charge on any atom is -0.466 e. The molecule has 0 atom stereocenters. The first-order valence-electron chi connectivity index (χ1n) is 11.9. The minimum absolute atomic E-state index is 0.156. The van der Waals surface area contributed by atoms with Gasteiger partial charge in [0, 0.05) is 35.7 Å². The van der Waals surface area contributed by atoms with Crippen LogP contribution in [0, 0.1) is 5.82 Å². The molecule has 5 nitrogen and oxygen atoms in total. The van der Waals surface area contributed by atoms with Crippen LogP contribution in [-0.4, -0.2) is 23.2 Å². The summed E-state index contributed by atoms with van der Waals surface area (Å²) in [6.07, 6.45) is 12.5. The van der Waals surface area contributed by atoms with Gasteiger partial charge in [0.05, 0.1) is 17.8 Å². The van der Waals surface area contributed by atoms with Crippen LogP contribution in [0.2, 0.25) is 0 Å². The number of rotatable bonds is 7. The lowest BCUT2D eigenvalue weighted by Crippen LogP contribution is -2.23. The highest BCUT2D eigenvalue weighted by Crippen LogP contribution is 2.34. The molecule has 0 unspecified atom stereocenters. The number of carbonyl (C=O) groups is 1. The molecule has 0 aliphatic heterocycles. The van der Waals surface area contributed by atoms with Crippen molar-refractivity contribution in [3.05, 3.63) is 39.9 Å². The highest BCUT2D eigenvalue weighted by Gasteiger charge is 2.22. The normalized spacial score (nSPS) is 17.9. The molecule has 4 rings (SSSR count). The van der Waals surface area contributed by atoms with Gasteiger partial charge in [-0.3, -0.25) is 9.59 Å². The van der Waals surface area contributed by atoms with Crippen LogP contribution in [0.3, 0.4) is 0 Å². The number of carbonyl (C=O) groups excluding carboxylic acids is 1. The molecule has 2 aliphatic carbocycles. The Morgan fingerprint density at radius 2 is 1.84 bits per heavy atom. The zero-order valence-corrected chi connectivity index (χ0v) is 18.4. The SMILES string of the molecule is CCOC(=O)CCc1cn(C2CCCC2)c2cc(NC3CCCCC3)c(F)cc2c1=O. The summed E-state index contributed by atoms with van der Waals surface area (Å²) in [7, 11) is 0. The van der Waals surface area contributed by atoms with Crippen LogP contribution < -0.4 is 10.7 Å². The second-order valence-corrected chi connectivity index (χ2v) is 8.96. The number of fused-ring (bicyclic) bond motifs is 1. The molecule has 0 radical (unpaired) electrons. The van der Waals surface area contributed by atoms with Crippen LogP contribution >= 0.6 is 0 Å². The second-order valence-electron chi connectivity index (χ2n) is 8.96. The van der Waals surface area contributed by atoms with E-state index in [2.05, 4.69) is 9.88 Å². The van der Waals surface area contributed by atoms with Crippen molar-refractivity contribution < 1.29 is 13.9 Å². The van der Waals surface area contributed by atoms with E-state index in [1.54, 1.807) is 6.92 Å². The lowest BCUT2D eigenvalue weighted by molar-refractivity contribution is -0.143. The molecule has 168 valence electrons. The predicted octanol–water partition coefficient (Wildman–Crippen LogP) is 5.50. The summed E-state index contributed by atoms with van der Waals surface area (Å²) >= 11 is 0. The van der Waals surface area contributed by atoms with Crippen molar-refractivity contribution in [2.45, 2.75) is 89.6 Å². The zero-order valence-electron chi connectivity index (χ0n) is 18.4. The molecule has 1 heterocycles. The summed E-state index contributed by atoms with van der Waals surface area (Å²) in [4.78, 5) is 25.0. The monoisotopic (exact) mass is 428 g/mol. The van der Waals surface area contributed by atoms with Crippen LogP contribution in [0.15, 0.2) is 23.1 Å². The maximum absolute atomic E-state index is 15.0. The Balaban J connectivity index is 1.72. The third-order valence-corrected chi connectivity index (χ3v) is 6.78. The lowest BCUT2D eigenvalue weighted by Gasteiger charge is -2.25. The van der Waals surface area contributed by atoms with Crippen molar-refractivity contribution >= 4 is 22.6 Å². The van der Waals surface area contributed by atoms with Gasteiger partial charge in [-0.15, -0.1) is 0 Å². The van der Waals surface area contributed by atoms with E-state index in [1.165, 1.54) is 25.3 Å². The molecule has 1 aromatic carbocycles. The summed E-state index contributed by atoms with van der Waals surface area (Å²) in [5.74, 6) is -0.691. The maximum atomic E-state index is 15.0. The molecule has 1 aromatic heterocycles. The largest absolute Gasteiger partial charge is 0.466 e. The molecule has 31 heavy (non-hydrogen) atoms. The third kappa shape index (κ3) is 4.94. The van der Waals surface area contributed by atoms with Crippen molar-refractivity contribution in [3.8, 4) is 0 Å². The van der Waals surface area contributed by atoms with Gasteiger partial charge >= 0.3 is 5.97 Å². The molecule has 0 spiro atoms. The van der Waals surface area contributed by atoms with Gasteiger partial charge in [-0.05, 0) is 51.2 Å². The number of benzene rings is 1. The second kappa shape index (κ2) is 9.84. The average Bonchev–Trinajstić information content (AvgIpc) is 3.30. The van der Waals surface area contributed by atoms with Gasteiger partial charge in [-0.1, -0.05) is 32.1 Å². The highest BCUT2D eigenvalue weighted by molar-refractivity contribution is 5.84. The fraction of sp³-hybridized carbons (Fsp3) is 0.600. The van der Waals surface area contributed by atoms with Crippen molar-refractivity contribution in [2.75, 3.05) is 11.9 Å². The lowest BCUT2D eigenvalue weighted by atomic mass is 9.95. The van der Waals surface area contributed by atoms with E-state index >= 15 is 4.39 Å². The molecule has 0 amide bonds. The van der Waals surface area contributed by atoms with Crippen LogP contribution in [0.5, 0.6) is 0 Å². The Labute approximate surface area is 183 Å². The smallest absolute Gasteiger partial charge is 0.306 e. The number of nitrogens with one attached hydrogen (secondary N) is 1. The van der Waals surface area contributed by atoms with Crippen molar-refractivity contribution in [1.29, 1.82) is 0 Å². The summed E-state index contributed by atoms with van der Waals surface area (Å²) < 4.78 is 22.2. The Hall–Kier alpha value is -2.37. The number of ether oxygens (including phenoxy) is 1. The molecule has 0 saturated heterocycles. The molecule has 1 N–H and O–H groups in total. The Bertz CT molecular complexity index is 988. The fourth-order valence-corrected chi connectivity index (χ4v) is 5.14. The van der Waals surface area contributed by atoms with E-state index in [0.29, 0.717) is 35.7 Å². The van der Waals surface area contributed by atoms with Gasteiger partial charge < -0.3 is 14.6 Å². The molecule has 2 aliphatic rings. The zero-order chi connectivity index (χ0) is 21.8. The van der Waals surface area contributed by atoms with Crippen LogP contribution in [0.4, 0.5) is 10.1 Å². The number of pyridine rings is 1. The Kier molecular flexibility index (Phi) is 6.93. The Morgan fingerprint density at radius 1 is 1.13 bits per heavy atom. The van der Waals surface area contributed by atoms with E-state index < -0.39 is 0 Å². The summed E-state index contributed by atoms with van der Waals surface area (Å²) in [6, 6.07) is 3.81. The molecular formula is C25H33FN2O3. The number of halogens is 1. The van der Waals surface area contributed by atoms with Gasteiger partial charge in [0.25, 0.3) is 0 Å². The van der Waals surface area contributed by atoms with Gasteiger partial charge in [0.15, 0.2) is 5.43 Å². The number of anilines is 1. The summed E-state index contributed by atoms with van der Waals surface area (Å²) in [6.45, 7) is 2.09. The molecule has 0 bridgehead atoms. The first kappa shape index (κ1) is 21.8. The minimum atomic E-state index is -0.379. The predicted molar refractivity (Wildman–Crippen MR) is 121 cm³/mol. The number of aryl methyl sites for hydroxylation is 1. The van der Waals surface area contributed by atoms with Crippen molar-refractivity contribution in [3.63, 3.8) is 0 Å². The first-order valence-corrected chi connectivity index (χ1v) is 11.9. The number of aromatic nitrogens is 1. The highest BCUT2D eigenvalue weighted by atomic mass is 19.1. The maximum Gasteiger partial charge on any atom is 0.306 e. The van der Waals surface area contributed by atoms with Crippen LogP contribution in [0.25, 0.3) is 10.9 Å². The molecule has 2 saturated carbocycles. The number of esters is 1. The van der Waals surface area contributed by atoms with Crippen molar-refractivity contribution in [2.24, 2.45) is 0 Å². The summed E-state index contributed by atoms with van der Waals surface area (Å²) in [5.41, 5.74) is 1.65. The molecular weight excluding hydrogens is 395 g/mol. The average molecular weight is 429 g/mol. The number of hydrogen-bond acceptors (Lipinski definition) is 4. The van der Waals surface area contributed by atoms with Gasteiger partial charge in [0.1, 0.15) is 5.82 Å². The standard InChI is InChI=1S/C25H33FN2O3/c1-2-31-24(29)13-12-17-16-28(19-10-6-7-11-19)23-15-22(21(26)14-20(23)25(17)30)27-18-8-4-3-5-9-18/h14-16,18-19,27H,2-13H2,1H3. The molecule has 2 aromatic rings. The van der Waals surface area contributed by atoms with Crippen LogP contribution in [0.1, 0.15) is 82.7 Å². The number of nitrogens with zero attached hydrogens (tertiary/aromatic N) is 1.